The standard InChI is InChI=1S/C12H14F5N3O/c1-12(2,11(18)20-21)3-4-19-10-8(16)6(14)5(13)7(15)9(10)17/h19,21H,3-4H2,1-2H3,(H2,18,20). The number of anilines is 1. The van der Waals surface area contributed by atoms with Crippen LogP contribution in [-0.4, -0.2) is 17.6 Å². The Morgan fingerprint density at radius 2 is 1.48 bits per heavy atom. The predicted molar refractivity (Wildman–Crippen MR) is 66.5 cm³/mol. The van der Waals surface area contributed by atoms with Gasteiger partial charge in [-0.1, -0.05) is 19.0 Å². The maximum Gasteiger partial charge on any atom is 0.200 e. The van der Waals surface area contributed by atoms with Gasteiger partial charge < -0.3 is 16.3 Å². The molecule has 1 rings (SSSR count). The van der Waals surface area contributed by atoms with Gasteiger partial charge in [0.1, 0.15) is 11.5 Å². The van der Waals surface area contributed by atoms with E-state index in [1.54, 1.807) is 13.8 Å². The van der Waals surface area contributed by atoms with Crippen molar-refractivity contribution < 1.29 is 27.2 Å². The van der Waals surface area contributed by atoms with Crippen molar-refractivity contribution in [3.05, 3.63) is 29.1 Å². The van der Waals surface area contributed by atoms with Crippen molar-refractivity contribution in [1.29, 1.82) is 0 Å². The third-order valence-corrected chi connectivity index (χ3v) is 3.06. The highest BCUT2D eigenvalue weighted by Gasteiger charge is 2.27. The number of nitrogens with two attached hydrogens (primary N) is 1. The summed E-state index contributed by atoms with van der Waals surface area (Å²) >= 11 is 0. The fourth-order valence-electron chi connectivity index (χ4n) is 1.52. The van der Waals surface area contributed by atoms with Gasteiger partial charge in [0.15, 0.2) is 23.3 Å². The lowest BCUT2D eigenvalue weighted by Gasteiger charge is -2.23. The summed E-state index contributed by atoms with van der Waals surface area (Å²) in [5.41, 5.74) is 3.48. The quantitative estimate of drug-likeness (QED) is 0.149. The van der Waals surface area contributed by atoms with Gasteiger partial charge in [0.25, 0.3) is 0 Å². The largest absolute Gasteiger partial charge is 0.409 e. The van der Waals surface area contributed by atoms with Crippen LogP contribution >= 0.6 is 0 Å². The van der Waals surface area contributed by atoms with Crippen molar-refractivity contribution in [2.24, 2.45) is 16.3 Å². The fraction of sp³-hybridized carbons (Fsp3) is 0.417. The normalized spacial score (nSPS) is 12.6. The molecule has 0 fully saturated rings. The molecule has 0 saturated heterocycles. The van der Waals surface area contributed by atoms with E-state index in [1.165, 1.54) is 0 Å². The van der Waals surface area contributed by atoms with Crippen LogP contribution in [0.4, 0.5) is 27.6 Å². The van der Waals surface area contributed by atoms with Gasteiger partial charge >= 0.3 is 0 Å². The average Bonchev–Trinajstić information content (AvgIpc) is 2.45. The smallest absolute Gasteiger partial charge is 0.200 e. The van der Waals surface area contributed by atoms with Gasteiger partial charge in [0.05, 0.1) is 0 Å². The second-order valence-electron chi connectivity index (χ2n) is 4.99. The molecular weight excluding hydrogens is 297 g/mol. The maximum atomic E-state index is 13.4. The van der Waals surface area contributed by atoms with E-state index >= 15 is 0 Å². The van der Waals surface area contributed by atoms with Crippen molar-refractivity contribution in [3.63, 3.8) is 0 Å². The number of hydrogen-bond acceptors (Lipinski definition) is 3. The summed E-state index contributed by atoms with van der Waals surface area (Å²) in [5, 5.41) is 13.5. The molecule has 1 aromatic carbocycles. The van der Waals surface area contributed by atoms with Gasteiger partial charge in [-0.2, -0.15) is 0 Å². The Hall–Kier alpha value is -2.06. The molecule has 1 aromatic rings. The lowest BCUT2D eigenvalue weighted by atomic mass is 9.88. The molecule has 4 nitrogen and oxygen atoms in total. The van der Waals surface area contributed by atoms with Crippen LogP contribution in [0.15, 0.2) is 5.16 Å². The van der Waals surface area contributed by atoms with Crippen LogP contribution < -0.4 is 11.1 Å². The second-order valence-corrected chi connectivity index (χ2v) is 4.99. The first-order valence-electron chi connectivity index (χ1n) is 5.86. The Bertz CT molecular complexity index is 545. The number of rotatable bonds is 5. The molecule has 118 valence electrons. The number of amidine groups is 1. The van der Waals surface area contributed by atoms with Crippen molar-refractivity contribution in [2.75, 3.05) is 11.9 Å². The number of benzene rings is 1. The third kappa shape index (κ3) is 3.34. The lowest BCUT2D eigenvalue weighted by molar-refractivity contribution is 0.306. The highest BCUT2D eigenvalue weighted by Crippen LogP contribution is 2.28. The zero-order chi connectivity index (χ0) is 16.4. The molecule has 0 amide bonds. The molecule has 0 aliphatic carbocycles. The molecule has 0 unspecified atom stereocenters. The molecule has 0 saturated carbocycles. The Kier molecular flexibility index (Phi) is 4.97. The summed E-state index contributed by atoms with van der Waals surface area (Å²) in [6, 6.07) is 0. The monoisotopic (exact) mass is 311 g/mol. The van der Waals surface area contributed by atoms with Crippen molar-refractivity contribution in [3.8, 4) is 0 Å². The summed E-state index contributed by atoms with van der Waals surface area (Å²) in [6.45, 7) is 3.02. The summed E-state index contributed by atoms with van der Waals surface area (Å²) < 4.78 is 65.5. The number of nitrogens with zero attached hydrogens (tertiary/aromatic N) is 1. The van der Waals surface area contributed by atoms with Crippen LogP contribution in [0.5, 0.6) is 0 Å². The fourth-order valence-corrected chi connectivity index (χ4v) is 1.52. The van der Waals surface area contributed by atoms with Crippen molar-refractivity contribution in [1.82, 2.24) is 0 Å². The van der Waals surface area contributed by atoms with Crippen LogP contribution in [0.3, 0.4) is 0 Å². The molecule has 21 heavy (non-hydrogen) atoms. The van der Waals surface area contributed by atoms with E-state index in [-0.39, 0.29) is 18.8 Å². The van der Waals surface area contributed by atoms with Crippen LogP contribution in [0, 0.1) is 34.5 Å². The predicted octanol–water partition coefficient (Wildman–Crippen LogP) is 2.96. The molecule has 0 heterocycles. The van der Waals surface area contributed by atoms with Gasteiger partial charge in [-0.3, -0.25) is 0 Å². The molecule has 0 aliphatic heterocycles. The minimum atomic E-state index is -2.22. The van der Waals surface area contributed by atoms with Gasteiger partial charge in [-0.25, -0.2) is 22.0 Å². The van der Waals surface area contributed by atoms with E-state index in [9.17, 15) is 22.0 Å². The third-order valence-electron chi connectivity index (χ3n) is 3.06. The van der Waals surface area contributed by atoms with Gasteiger partial charge in [-0.05, 0) is 6.42 Å². The molecular formula is C12H14F5N3O. The molecule has 0 bridgehead atoms. The number of oxime groups is 1. The first kappa shape index (κ1) is 17.0. The Balaban J connectivity index is 2.92. The van der Waals surface area contributed by atoms with E-state index in [4.69, 9.17) is 10.9 Å². The number of hydrogen-bond donors (Lipinski definition) is 3. The second kappa shape index (κ2) is 6.15. The minimum absolute atomic E-state index is 0.123. The molecule has 4 N–H and O–H groups in total. The van der Waals surface area contributed by atoms with Crippen LogP contribution in [0.2, 0.25) is 0 Å². The van der Waals surface area contributed by atoms with E-state index < -0.39 is 40.2 Å². The highest BCUT2D eigenvalue weighted by molar-refractivity contribution is 5.85. The van der Waals surface area contributed by atoms with E-state index in [1.807, 2.05) is 0 Å². The highest BCUT2D eigenvalue weighted by atomic mass is 19.2. The Morgan fingerprint density at radius 1 is 1.05 bits per heavy atom. The molecule has 0 atom stereocenters. The topological polar surface area (TPSA) is 70.6 Å². The zero-order valence-electron chi connectivity index (χ0n) is 11.3. The molecule has 9 heteroatoms. The molecule has 0 aliphatic rings. The Labute approximate surface area is 117 Å². The first-order valence-corrected chi connectivity index (χ1v) is 5.86. The van der Waals surface area contributed by atoms with Crippen LogP contribution in [0.1, 0.15) is 20.3 Å². The molecule has 0 spiro atoms. The van der Waals surface area contributed by atoms with Gasteiger partial charge in [0, 0.05) is 12.0 Å². The summed E-state index contributed by atoms with van der Waals surface area (Å²) in [6.07, 6.45) is 0.127. The van der Waals surface area contributed by atoms with Crippen molar-refractivity contribution in [2.45, 2.75) is 20.3 Å². The van der Waals surface area contributed by atoms with E-state index in [0.29, 0.717) is 0 Å². The summed E-state index contributed by atoms with van der Waals surface area (Å²) in [4.78, 5) is 0. The summed E-state index contributed by atoms with van der Waals surface area (Å²) in [7, 11) is 0. The SMILES string of the molecule is CC(C)(CCNc1c(F)c(F)c(F)c(F)c1F)C(N)=NO. The Morgan fingerprint density at radius 3 is 1.90 bits per heavy atom. The van der Waals surface area contributed by atoms with E-state index in [2.05, 4.69) is 10.5 Å². The zero-order valence-corrected chi connectivity index (χ0v) is 11.3. The minimum Gasteiger partial charge on any atom is -0.409 e. The van der Waals surface area contributed by atoms with Crippen LogP contribution in [-0.2, 0) is 0 Å². The maximum absolute atomic E-state index is 13.4. The van der Waals surface area contributed by atoms with Gasteiger partial charge in [-0.15, -0.1) is 0 Å². The van der Waals surface area contributed by atoms with E-state index in [0.717, 1.165) is 0 Å². The van der Waals surface area contributed by atoms with Crippen molar-refractivity contribution >= 4 is 11.5 Å². The summed E-state index contributed by atoms with van der Waals surface area (Å²) in [5.74, 6) is -10.3. The van der Waals surface area contributed by atoms with Gasteiger partial charge in [0.2, 0.25) is 5.82 Å². The average molecular weight is 311 g/mol. The molecule has 0 aromatic heterocycles. The first-order chi connectivity index (χ1) is 9.63. The number of halogens is 5. The van der Waals surface area contributed by atoms with Crippen LogP contribution in [0.25, 0.3) is 0 Å². The number of nitrogens with one attached hydrogen (secondary N) is 1. The molecule has 0 radical (unpaired) electrons. The lowest BCUT2D eigenvalue weighted by Crippen LogP contribution is -2.33.